The summed E-state index contributed by atoms with van der Waals surface area (Å²) in [6, 6.07) is 9.22. The standard InChI is InChI=1S/C21H32N6O/c1-3-8-19(21-22-23-24-27(21)17-9-4-5-10-17)26-15-13-25(14-16-26)18-11-6-7-12-20(18)28-2/h6-7,11-12,17,19H,3-5,8-10,13-16H2,1-2H3/p+1/t19-/m1/s1. The maximum Gasteiger partial charge on any atom is 0.209 e. The van der Waals surface area contributed by atoms with Gasteiger partial charge in [0.15, 0.2) is 0 Å². The van der Waals surface area contributed by atoms with Crippen LogP contribution < -0.4 is 14.5 Å². The zero-order valence-electron chi connectivity index (χ0n) is 17.2. The van der Waals surface area contributed by atoms with Crippen LogP contribution in [0, 0.1) is 0 Å². The Morgan fingerprint density at radius 1 is 1.18 bits per heavy atom. The Bertz CT molecular complexity index is 749. The van der Waals surface area contributed by atoms with Crippen molar-refractivity contribution in [2.75, 3.05) is 38.2 Å². The van der Waals surface area contributed by atoms with Crippen molar-refractivity contribution < 1.29 is 9.64 Å². The van der Waals surface area contributed by atoms with Crippen LogP contribution in [0.1, 0.15) is 63.4 Å². The average molecular weight is 386 g/mol. The fourth-order valence-corrected chi connectivity index (χ4v) is 4.92. The molecule has 0 radical (unpaired) electrons. The second-order valence-electron chi connectivity index (χ2n) is 8.08. The molecule has 2 heterocycles. The van der Waals surface area contributed by atoms with Crippen LogP contribution in [-0.2, 0) is 0 Å². The van der Waals surface area contributed by atoms with E-state index >= 15 is 0 Å². The van der Waals surface area contributed by atoms with Crippen molar-refractivity contribution in [1.29, 1.82) is 0 Å². The van der Waals surface area contributed by atoms with Gasteiger partial charge >= 0.3 is 0 Å². The summed E-state index contributed by atoms with van der Waals surface area (Å²) in [5.74, 6) is 2.07. The predicted molar refractivity (Wildman–Crippen MR) is 109 cm³/mol. The number of para-hydroxylation sites is 2. The van der Waals surface area contributed by atoms with Gasteiger partial charge in [-0.2, -0.15) is 0 Å². The van der Waals surface area contributed by atoms with E-state index in [1.165, 1.54) is 31.4 Å². The number of benzene rings is 1. The Hall–Kier alpha value is -2.15. The van der Waals surface area contributed by atoms with E-state index in [9.17, 15) is 0 Å². The van der Waals surface area contributed by atoms with Crippen molar-refractivity contribution in [1.82, 2.24) is 20.2 Å². The van der Waals surface area contributed by atoms with Gasteiger partial charge in [0, 0.05) is 6.42 Å². The van der Waals surface area contributed by atoms with Gasteiger partial charge in [0.25, 0.3) is 0 Å². The molecule has 1 saturated carbocycles. The molecule has 0 spiro atoms. The fraction of sp³-hybridized carbons (Fsp3) is 0.667. The number of anilines is 1. The molecule has 2 fully saturated rings. The summed E-state index contributed by atoms with van der Waals surface area (Å²) < 4.78 is 7.72. The quantitative estimate of drug-likeness (QED) is 0.790. The summed E-state index contributed by atoms with van der Waals surface area (Å²) in [6.07, 6.45) is 7.32. The van der Waals surface area contributed by atoms with E-state index in [-0.39, 0.29) is 0 Å². The number of hydrogen-bond donors (Lipinski definition) is 1. The molecule has 1 atom stereocenters. The van der Waals surface area contributed by atoms with Crippen molar-refractivity contribution in [3.05, 3.63) is 30.1 Å². The van der Waals surface area contributed by atoms with E-state index in [0.717, 1.165) is 50.6 Å². The van der Waals surface area contributed by atoms with Crippen LogP contribution in [0.25, 0.3) is 0 Å². The van der Waals surface area contributed by atoms with Gasteiger partial charge in [-0.25, -0.2) is 4.68 Å². The van der Waals surface area contributed by atoms with Crippen molar-refractivity contribution in [3.8, 4) is 5.75 Å². The Balaban J connectivity index is 1.48. The molecular formula is C21H33N6O+. The number of methoxy groups -OCH3 is 1. The van der Waals surface area contributed by atoms with Gasteiger partial charge in [0.05, 0.1) is 45.0 Å². The van der Waals surface area contributed by atoms with Crippen LogP contribution >= 0.6 is 0 Å². The summed E-state index contributed by atoms with van der Waals surface area (Å²) in [6.45, 7) is 6.52. The summed E-state index contributed by atoms with van der Waals surface area (Å²) in [4.78, 5) is 4.06. The van der Waals surface area contributed by atoms with Gasteiger partial charge in [-0.15, -0.1) is 5.10 Å². The molecule has 152 valence electrons. The van der Waals surface area contributed by atoms with E-state index in [4.69, 9.17) is 4.74 Å². The fourth-order valence-electron chi connectivity index (χ4n) is 4.92. The molecule has 4 rings (SSSR count). The second-order valence-corrected chi connectivity index (χ2v) is 8.08. The first-order valence-electron chi connectivity index (χ1n) is 10.8. The number of nitrogens with one attached hydrogen (secondary N) is 1. The summed E-state index contributed by atoms with van der Waals surface area (Å²) >= 11 is 0. The van der Waals surface area contributed by atoms with Gasteiger partial charge in [-0.1, -0.05) is 38.3 Å². The van der Waals surface area contributed by atoms with Crippen molar-refractivity contribution in [2.45, 2.75) is 57.5 Å². The summed E-state index contributed by atoms with van der Waals surface area (Å²) in [5, 5.41) is 13.0. The number of piperazine rings is 1. The lowest BCUT2D eigenvalue weighted by atomic mass is 10.1. The maximum atomic E-state index is 5.56. The molecule has 2 aromatic rings. The molecule has 7 heteroatoms. The van der Waals surface area contributed by atoms with Gasteiger partial charge in [-0.3, -0.25) is 0 Å². The van der Waals surface area contributed by atoms with Crippen LogP contribution in [0.3, 0.4) is 0 Å². The number of ether oxygens (including phenoxy) is 1. The molecule has 0 bridgehead atoms. The minimum Gasteiger partial charge on any atom is -0.495 e. The van der Waals surface area contributed by atoms with Crippen LogP contribution in [0.15, 0.2) is 24.3 Å². The van der Waals surface area contributed by atoms with E-state index in [2.05, 4.69) is 44.2 Å². The van der Waals surface area contributed by atoms with E-state index in [0.29, 0.717) is 12.1 Å². The highest BCUT2D eigenvalue weighted by atomic mass is 16.5. The topological polar surface area (TPSA) is 60.5 Å². The summed E-state index contributed by atoms with van der Waals surface area (Å²) in [7, 11) is 1.75. The monoisotopic (exact) mass is 385 g/mol. The highest BCUT2D eigenvalue weighted by Crippen LogP contribution is 2.31. The van der Waals surface area contributed by atoms with E-state index in [1.54, 1.807) is 12.0 Å². The van der Waals surface area contributed by atoms with E-state index < -0.39 is 0 Å². The third kappa shape index (κ3) is 3.85. The molecular weight excluding hydrogens is 352 g/mol. The average Bonchev–Trinajstić information content (AvgIpc) is 3.44. The predicted octanol–water partition coefficient (Wildman–Crippen LogP) is 2.04. The first kappa shape index (κ1) is 19.2. The molecule has 0 unspecified atom stereocenters. The third-order valence-corrected chi connectivity index (χ3v) is 6.40. The zero-order valence-corrected chi connectivity index (χ0v) is 17.2. The Labute approximate surface area is 167 Å². The molecule has 1 saturated heterocycles. The van der Waals surface area contributed by atoms with Crippen LogP contribution in [-0.4, -0.2) is 53.5 Å². The summed E-state index contributed by atoms with van der Waals surface area (Å²) in [5.41, 5.74) is 1.20. The Morgan fingerprint density at radius 3 is 2.64 bits per heavy atom. The SMILES string of the molecule is CCC[C@H](c1nnnn1C1CCCC1)[NH+]1CCN(c2ccccc2OC)CC1. The first-order valence-corrected chi connectivity index (χ1v) is 10.8. The number of aromatic nitrogens is 4. The molecule has 1 aliphatic heterocycles. The minimum atomic E-state index is 0.389. The number of quaternary nitrogens is 1. The number of nitrogens with zero attached hydrogens (tertiary/aromatic N) is 5. The lowest BCUT2D eigenvalue weighted by Crippen LogP contribution is -3.15. The Morgan fingerprint density at radius 2 is 1.93 bits per heavy atom. The third-order valence-electron chi connectivity index (χ3n) is 6.40. The van der Waals surface area contributed by atoms with Crippen molar-refractivity contribution in [3.63, 3.8) is 0 Å². The van der Waals surface area contributed by atoms with Crippen molar-refractivity contribution in [2.24, 2.45) is 0 Å². The van der Waals surface area contributed by atoms with Gasteiger partial charge in [0.2, 0.25) is 5.82 Å². The highest BCUT2D eigenvalue weighted by Gasteiger charge is 2.34. The number of rotatable bonds is 7. The number of hydrogen-bond acceptors (Lipinski definition) is 5. The molecule has 1 aromatic carbocycles. The van der Waals surface area contributed by atoms with Gasteiger partial charge < -0.3 is 14.5 Å². The van der Waals surface area contributed by atoms with Gasteiger partial charge in [0.1, 0.15) is 11.8 Å². The van der Waals surface area contributed by atoms with Crippen LogP contribution in [0.2, 0.25) is 0 Å². The largest absolute Gasteiger partial charge is 0.495 e. The minimum absolute atomic E-state index is 0.389. The molecule has 1 aliphatic carbocycles. The first-order chi connectivity index (χ1) is 13.8. The lowest BCUT2D eigenvalue weighted by molar-refractivity contribution is -0.933. The van der Waals surface area contributed by atoms with E-state index in [1.807, 2.05) is 12.1 Å². The molecule has 7 nitrogen and oxygen atoms in total. The molecule has 2 aliphatic rings. The van der Waals surface area contributed by atoms with Crippen molar-refractivity contribution >= 4 is 5.69 Å². The second kappa shape index (κ2) is 8.90. The van der Waals surface area contributed by atoms with Crippen LogP contribution in [0.4, 0.5) is 5.69 Å². The van der Waals surface area contributed by atoms with Crippen LogP contribution in [0.5, 0.6) is 5.75 Å². The zero-order chi connectivity index (χ0) is 19.3. The molecule has 0 amide bonds. The molecule has 28 heavy (non-hydrogen) atoms. The van der Waals surface area contributed by atoms with Gasteiger partial charge in [-0.05, 0) is 35.4 Å². The number of tetrazole rings is 1. The maximum absolute atomic E-state index is 5.56. The molecule has 1 N–H and O–H groups in total. The smallest absolute Gasteiger partial charge is 0.209 e. The lowest BCUT2D eigenvalue weighted by Gasteiger charge is -2.37. The molecule has 1 aromatic heterocycles. The highest BCUT2D eigenvalue weighted by molar-refractivity contribution is 5.58. The normalized spacial score (nSPS) is 19.9. The Kier molecular flexibility index (Phi) is 6.10.